The Morgan fingerprint density at radius 1 is 1.18 bits per heavy atom. The third kappa shape index (κ3) is 2.07. The predicted octanol–water partition coefficient (Wildman–Crippen LogP) is 2.09. The summed E-state index contributed by atoms with van der Waals surface area (Å²) in [5.41, 5.74) is 0.640. The zero-order valence-corrected chi connectivity index (χ0v) is 9.57. The maximum atomic E-state index is 12.0. The number of rotatable bonds is 2. The highest BCUT2D eigenvalue weighted by molar-refractivity contribution is 5.95. The number of hydrogen-bond acceptors (Lipinski definition) is 3. The lowest BCUT2D eigenvalue weighted by molar-refractivity contribution is 0.0937. The molecule has 1 aliphatic carbocycles. The summed E-state index contributed by atoms with van der Waals surface area (Å²) in [7, 11) is 0. The van der Waals surface area contributed by atoms with E-state index in [1.165, 1.54) is 12.8 Å². The van der Waals surface area contributed by atoms with E-state index >= 15 is 0 Å². The smallest absolute Gasteiger partial charge is 0.251 e. The molecule has 1 N–H and O–H groups in total. The Bertz CT molecular complexity index is 438. The molecule has 0 radical (unpaired) electrons. The van der Waals surface area contributed by atoms with E-state index in [0.29, 0.717) is 23.1 Å². The lowest BCUT2D eigenvalue weighted by Crippen LogP contribution is -2.32. The van der Waals surface area contributed by atoms with Crippen LogP contribution in [0.5, 0.6) is 11.5 Å². The average Bonchev–Trinajstić information content (AvgIpc) is 2.97. The minimum atomic E-state index is -0.0183. The molecule has 0 saturated heterocycles. The number of amides is 1. The minimum Gasteiger partial charge on any atom is -0.454 e. The average molecular weight is 233 g/mol. The highest BCUT2D eigenvalue weighted by Crippen LogP contribution is 2.32. The molecule has 1 aromatic carbocycles. The summed E-state index contributed by atoms with van der Waals surface area (Å²) in [6, 6.07) is 5.64. The van der Waals surface area contributed by atoms with Gasteiger partial charge >= 0.3 is 0 Å². The molecule has 17 heavy (non-hydrogen) atoms. The van der Waals surface area contributed by atoms with Gasteiger partial charge < -0.3 is 14.8 Å². The third-order valence-electron chi connectivity index (χ3n) is 3.33. The SMILES string of the molecule is O=C(NC1CCCC1)c1ccc2c(c1)OCO2. The van der Waals surface area contributed by atoms with E-state index in [2.05, 4.69) is 5.32 Å². The van der Waals surface area contributed by atoms with Gasteiger partial charge in [0.05, 0.1) is 0 Å². The van der Waals surface area contributed by atoms with Crippen molar-refractivity contribution in [1.29, 1.82) is 0 Å². The van der Waals surface area contributed by atoms with Crippen molar-refractivity contribution in [3.05, 3.63) is 23.8 Å². The molecule has 1 aliphatic heterocycles. The topological polar surface area (TPSA) is 47.6 Å². The zero-order chi connectivity index (χ0) is 11.7. The largest absolute Gasteiger partial charge is 0.454 e. The van der Waals surface area contributed by atoms with Gasteiger partial charge in [-0.2, -0.15) is 0 Å². The van der Waals surface area contributed by atoms with Crippen LogP contribution in [0.15, 0.2) is 18.2 Å². The predicted molar refractivity (Wildman–Crippen MR) is 62.3 cm³/mol. The van der Waals surface area contributed by atoms with Crippen LogP contribution in [0.25, 0.3) is 0 Å². The van der Waals surface area contributed by atoms with Crippen LogP contribution < -0.4 is 14.8 Å². The van der Waals surface area contributed by atoms with Gasteiger partial charge in [-0.05, 0) is 31.0 Å². The fourth-order valence-corrected chi connectivity index (χ4v) is 2.38. The Hall–Kier alpha value is -1.71. The van der Waals surface area contributed by atoms with Crippen LogP contribution in [0.3, 0.4) is 0 Å². The molecular weight excluding hydrogens is 218 g/mol. The van der Waals surface area contributed by atoms with E-state index in [-0.39, 0.29) is 12.7 Å². The molecule has 2 aliphatic rings. The van der Waals surface area contributed by atoms with E-state index in [0.717, 1.165) is 12.8 Å². The first kappa shape index (κ1) is 10.4. The second-order valence-electron chi connectivity index (χ2n) is 4.52. The number of carbonyl (C=O) groups is 1. The van der Waals surface area contributed by atoms with Crippen LogP contribution in [0.1, 0.15) is 36.0 Å². The number of hydrogen-bond donors (Lipinski definition) is 1. The van der Waals surface area contributed by atoms with Gasteiger partial charge in [0.25, 0.3) is 5.91 Å². The van der Waals surface area contributed by atoms with Crippen LogP contribution >= 0.6 is 0 Å². The number of nitrogens with one attached hydrogen (secondary N) is 1. The van der Waals surface area contributed by atoms with Gasteiger partial charge in [-0.1, -0.05) is 12.8 Å². The van der Waals surface area contributed by atoms with Crippen molar-refractivity contribution in [3.63, 3.8) is 0 Å². The number of carbonyl (C=O) groups excluding carboxylic acids is 1. The van der Waals surface area contributed by atoms with E-state index in [9.17, 15) is 4.79 Å². The standard InChI is InChI=1S/C13H15NO3/c15-13(14-10-3-1-2-4-10)9-5-6-11-12(7-9)17-8-16-11/h5-7,10H,1-4,8H2,(H,14,15). The molecular formula is C13H15NO3. The molecule has 1 fully saturated rings. The van der Waals surface area contributed by atoms with E-state index in [1.54, 1.807) is 18.2 Å². The van der Waals surface area contributed by atoms with Gasteiger partial charge in [-0.3, -0.25) is 4.79 Å². The summed E-state index contributed by atoms with van der Waals surface area (Å²) in [5.74, 6) is 1.35. The maximum absolute atomic E-state index is 12.0. The molecule has 1 aromatic rings. The molecule has 4 nitrogen and oxygen atoms in total. The van der Waals surface area contributed by atoms with Crippen molar-refractivity contribution in [3.8, 4) is 11.5 Å². The van der Waals surface area contributed by atoms with E-state index < -0.39 is 0 Å². The summed E-state index contributed by atoms with van der Waals surface area (Å²) < 4.78 is 10.5. The Balaban J connectivity index is 1.72. The molecule has 0 aromatic heterocycles. The molecule has 3 rings (SSSR count). The van der Waals surface area contributed by atoms with E-state index in [4.69, 9.17) is 9.47 Å². The molecule has 0 atom stereocenters. The summed E-state index contributed by atoms with van der Waals surface area (Å²) in [6.45, 7) is 0.239. The number of ether oxygens (including phenoxy) is 2. The number of benzene rings is 1. The summed E-state index contributed by atoms with van der Waals surface area (Å²) in [4.78, 5) is 12.0. The Kier molecular flexibility index (Phi) is 2.63. The molecule has 1 saturated carbocycles. The molecule has 4 heteroatoms. The number of fused-ring (bicyclic) bond motifs is 1. The fourth-order valence-electron chi connectivity index (χ4n) is 2.38. The molecule has 1 heterocycles. The first-order valence-electron chi connectivity index (χ1n) is 6.03. The lowest BCUT2D eigenvalue weighted by Gasteiger charge is -2.11. The Morgan fingerprint density at radius 2 is 1.94 bits per heavy atom. The minimum absolute atomic E-state index is 0.0183. The van der Waals surface area contributed by atoms with Gasteiger partial charge in [-0.15, -0.1) is 0 Å². The van der Waals surface area contributed by atoms with Gasteiger partial charge in [0.1, 0.15) is 0 Å². The van der Waals surface area contributed by atoms with Gasteiger partial charge in [-0.25, -0.2) is 0 Å². The second kappa shape index (κ2) is 4.28. The summed E-state index contributed by atoms with van der Waals surface area (Å²) in [5, 5.41) is 3.05. The van der Waals surface area contributed by atoms with Crippen molar-refractivity contribution >= 4 is 5.91 Å². The van der Waals surface area contributed by atoms with Crippen LogP contribution in [0.4, 0.5) is 0 Å². The van der Waals surface area contributed by atoms with Crippen LogP contribution in [-0.2, 0) is 0 Å². The van der Waals surface area contributed by atoms with Crippen LogP contribution in [-0.4, -0.2) is 18.7 Å². The summed E-state index contributed by atoms with van der Waals surface area (Å²) in [6.07, 6.45) is 4.62. The Morgan fingerprint density at radius 3 is 2.76 bits per heavy atom. The quantitative estimate of drug-likeness (QED) is 0.850. The van der Waals surface area contributed by atoms with Crippen molar-refractivity contribution in [2.24, 2.45) is 0 Å². The zero-order valence-electron chi connectivity index (χ0n) is 9.57. The van der Waals surface area contributed by atoms with Gasteiger partial charge in [0, 0.05) is 11.6 Å². The maximum Gasteiger partial charge on any atom is 0.251 e. The first-order valence-corrected chi connectivity index (χ1v) is 6.03. The normalized spacial score (nSPS) is 18.4. The molecule has 0 spiro atoms. The third-order valence-corrected chi connectivity index (χ3v) is 3.33. The molecule has 0 bridgehead atoms. The van der Waals surface area contributed by atoms with Crippen molar-refractivity contribution in [2.75, 3.05) is 6.79 Å². The fraction of sp³-hybridized carbons (Fsp3) is 0.462. The van der Waals surface area contributed by atoms with Gasteiger partial charge in [0.15, 0.2) is 11.5 Å². The molecule has 0 unspecified atom stereocenters. The molecule has 1 amide bonds. The molecule has 90 valence electrons. The van der Waals surface area contributed by atoms with Gasteiger partial charge in [0.2, 0.25) is 6.79 Å². The van der Waals surface area contributed by atoms with Crippen LogP contribution in [0.2, 0.25) is 0 Å². The Labute approximate surface area is 99.9 Å². The summed E-state index contributed by atoms with van der Waals surface area (Å²) >= 11 is 0. The van der Waals surface area contributed by atoms with E-state index in [1.807, 2.05) is 0 Å². The monoisotopic (exact) mass is 233 g/mol. The first-order chi connectivity index (χ1) is 8.33. The van der Waals surface area contributed by atoms with Crippen molar-refractivity contribution in [2.45, 2.75) is 31.7 Å². The highest BCUT2D eigenvalue weighted by atomic mass is 16.7. The van der Waals surface area contributed by atoms with Crippen molar-refractivity contribution in [1.82, 2.24) is 5.32 Å². The highest BCUT2D eigenvalue weighted by Gasteiger charge is 2.20. The van der Waals surface area contributed by atoms with Crippen LogP contribution in [0, 0.1) is 0 Å². The van der Waals surface area contributed by atoms with Crippen molar-refractivity contribution < 1.29 is 14.3 Å². The second-order valence-corrected chi connectivity index (χ2v) is 4.52. The lowest BCUT2D eigenvalue weighted by atomic mass is 10.1.